The number of nitrogens with zero attached hydrogens (tertiary/aromatic N) is 3. The van der Waals surface area contributed by atoms with Gasteiger partial charge in [-0.05, 0) is 25.0 Å². The summed E-state index contributed by atoms with van der Waals surface area (Å²) >= 11 is 0. The van der Waals surface area contributed by atoms with Crippen LogP contribution in [-0.4, -0.2) is 46.9 Å². The van der Waals surface area contributed by atoms with Crippen molar-refractivity contribution in [1.82, 2.24) is 15.2 Å². The van der Waals surface area contributed by atoms with Gasteiger partial charge in [0.1, 0.15) is 5.69 Å². The van der Waals surface area contributed by atoms with Crippen molar-refractivity contribution in [2.75, 3.05) is 19.6 Å². The Hall–Kier alpha value is -2.11. The number of amides is 1. The molecule has 2 aliphatic heterocycles. The maximum atomic E-state index is 12.3. The van der Waals surface area contributed by atoms with Crippen molar-refractivity contribution in [2.24, 2.45) is 10.7 Å². The summed E-state index contributed by atoms with van der Waals surface area (Å²) in [6.45, 7) is 2.14. The van der Waals surface area contributed by atoms with Gasteiger partial charge >= 0.3 is 0 Å². The average Bonchev–Trinajstić information content (AvgIpc) is 2.81. The molecule has 1 fully saturated rings. The van der Waals surface area contributed by atoms with Crippen molar-refractivity contribution >= 4 is 11.9 Å². The maximum absolute atomic E-state index is 12.3. The van der Waals surface area contributed by atoms with E-state index < -0.39 is 0 Å². The van der Waals surface area contributed by atoms with E-state index in [0.717, 1.165) is 12.8 Å². The molecule has 1 amide bonds. The van der Waals surface area contributed by atoms with E-state index in [4.69, 9.17) is 5.73 Å². The highest BCUT2D eigenvalue weighted by atomic mass is 16.2. The summed E-state index contributed by atoms with van der Waals surface area (Å²) < 4.78 is 0. The number of nitrogens with one attached hydrogen (secondary N) is 1. The summed E-state index contributed by atoms with van der Waals surface area (Å²) in [5.74, 6) is 0.520. The second-order valence-electron chi connectivity index (χ2n) is 5.11. The molecule has 3 N–H and O–H groups in total. The Labute approximate surface area is 111 Å². The second kappa shape index (κ2) is 4.53. The minimum Gasteiger partial charge on any atom is -0.370 e. The third-order valence-corrected chi connectivity index (χ3v) is 3.84. The number of rotatable bonds is 1. The van der Waals surface area contributed by atoms with Gasteiger partial charge < -0.3 is 16.0 Å². The summed E-state index contributed by atoms with van der Waals surface area (Å²) in [4.78, 5) is 22.4. The van der Waals surface area contributed by atoms with Gasteiger partial charge in [0, 0.05) is 19.3 Å². The van der Waals surface area contributed by atoms with E-state index in [-0.39, 0.29) is 11.4 Å². The lowest BCUT2D eigenvalue weighted by Gasteiger charge is -2.38. The predicted molar refractivity (Wildman–Crippen MR) is 71.7 cm³/mol. The molecule has 0 bridgehead atoms. The summed E-state index contributed by atoms with van der Waals surface area (Å²) in [5.41, 5.74) is 6.15. The molecule has 19 heavy (non-hydrogen) atoms. The summed E-state index contributed by atoms with van der Waals surface area (Å²) in [5, 5.41) is 3.24. The van der Waals surface area contributed by atoms with Crippen LogP contribution in [0.25, 0.3) is 0 Å². The molecule has 1 saturated heterocycles. The summed E-state index contributed by atoms with van der Waals surface area (Å²) in [6, 6.07) is 5.39. The van der Waals surface area contributed by atoms with Crippen molar-refractivity contribution in [2.45, 2.75) is 18.4 Å². The van der Waals surface area contributed by atoms with E-state index >= 15 is 0 Å². The molecule has 0 aromatic carbocycles. The van der Waals surface area contributed by atoms with E-state index in [0.29, 0.717) is 31.3 Å². The first kappa shape index (κ1) is 12.0. The molecule has 0 unspecified atom stereocenters. The standard InChI is InChI=1S/C13H17N5O/c14-12-16-9-13(17-12)4-7-18(8-5-13)11(19)10-3-1-2-6-15-10/h1-3,6H,4-5,7-9H2,(H3,14,16,17). The molecule has 6 heteroatoms. The third kappa shape index (κ3) is 2.25. The number of pyridine rings is 1. The molecule has 1 spiro atoms. The fourth-order valence-corrected chi connectivity index (χ4v) is 2.66. The topological polar surface area (TPSA) is 83.6 Å². The van der Waals surface area contributed by atoms with E-state index in [1.165, 1.54) is 0 Å². The van der Waals surface area contributed by atoms with Gasteiger partial charge in [-0.2, -0.15) is 0 Å². The van der Waals surface area contributed by atoms with Crippen LogP contribution in [0.2, 0.25) is 0 Å². The maximum Gasteiger partial charge on any atom is 0.272 e. The minimum absolute atomic E-state index is 0.00216. The van der Waals surface area contributed by atoms with Gasteiger partial charge in [0.25, 0.3) is 5.91 Å². The van der Waals surface area contributed by atoms with Gasteiger partial charge in [0.15, 0.2) is 5.96 Å². The molecule has 6 nitrogen and oxygen atoms in total. The van der Waals surface area contributed by atoms with E-state index in [2.05, 4.69) is 15.3 Å². The van der Waals surface area contributed by atoms with Crippen molar-refractivity contribution in [3.8, 4) is 0 Å². The first-order valence-electron chi connectivity index (χ1n) is 6.47. The zero-order chi connectivity index (χ0) is 13.3. The van der Waals surface area contributed by atoms with Gasteiger partial charge in [-0.3, -0.25) is 14.8 Å². The van der Waals surface area contributed by atoms with Crippen molar-refractivity contribution in [3.05, 3.63) is 30.1 Å². The van der Waals surface area contributed by atoms with Crippen molar-refractivity contribution < 1.29 is 4.79 Å². The van der Waals surface area contributed by atoms with Crippen LogP contribution in [0.3, 0.4) is 0 Å². The molecule has 0 saturated carbocycles. The number of piperidine rings is 1. The molecule has 3 rings (SSSR count). The van der Waals surface area contributed by atoms with Gasteiger partial charge in [-0.15, -0.1) is 0 Å². The van der Waals surface area contributed by atoms with Crippen LogP contribution in [0.1, 0.15) is 23.3 Å². The highest BCUT2D eigenvalue weighted by molar-refractivity contribution is 5.92. The number of likely N-dealkylation sites (tertiary alicyclic amines) is 1. The Bertz CT molecular complexity index is 505. The molecule has 1 aromatic heterocycles. The van der Waals surface area contributed by atoms with E-state index in [9.17, 15) is 4.79 Å². The molecule has 100 valence electrons. The number of aliphatic imine (C=N–C) groups is 1. The Morgan fingerprint density at radius 1 is 1.37 bits per heavy atom. The lowest BCUT2D eigenvalue weighted by Crippen LogP contribution is -2.55. The van der Waals surface area contributed by atoms with Crippen molar-refractivity contribution in [3.63, 3.8) is 0 Å². The smallest absolute Gasteiger partial charge is 0.272 e. The van der Waals surface area contributed by atoms with E-state index in [1.54, 1.807) is 12.3 Å². The van der Waals surface area contributed by atoms with Crippen LogP contribution in [0, 0.1) is 0 Å². The number of hydrogen-bond donors (Lipinski definition) is 2. The zero-order valence-electron chi connectivity index (χ0n) is 10.7. The van der Waals surface area contributed by atoms with Crippen LogP contribution < -0.4 is 11.1 Å². The monoisotopic (exact) mass is 259 g/mol. The highest BCUT2D eigenvalue weighted by Gasteiger charge is 2.39. The first-order chi connectivity index (χ1) is 9.19. The van der Waals surface area contributed by atoms with Gasteiger partial charge in [-0.1, -0.05) is 6.07 Å². The van der Waals surface area contributed by atoms with Crippen molar-refractivity contribution in [1.29, 1.82) is 0 Å². The largest absolute Gasteiger partial charge is 0.370 e. The second-order valence-corrected chi connectivity index (χ2v) is 5.11. The highest BCUT2D eigenvalue weighted by Crippen LogP contribution is 2.25. The normalized spacial score (nSPS) is 21.1. The molecule has 0 radical (unpaired) electrons. The number of nitrogens with two attached hydrogens (primary N) is 1. The molecular formula is C13H17N5O. The number of carbonyl (C=O) groups is 1. The Kier molecular flexibility index (Phi) is 2.85. The quantitative estimate of drug-likeness (QED) is 0.742. The molecule has 2 aliphatic rings. The van der Waals surface area contributed by atoms with Crippen LogP contribution in [0.4, 0.5) is 0 Å². The first-order valence-corrected chi connectivity index (χ1v) is 6.47. The van der Waals surface area contributed by atoms with Gasteiger partial charge in [0.05, 0.1) is 12.1 Å². The Morgan fingerprint density at radius 3 is 2.74 bits per heavy atom. The molecule has 0 aliphatic carbocycles. The number of hydrogen-bond acceptors (Lipinski definition) is 5. The Morgan fingerprint density at radius 2 is 2.16 bits per heavy atom. The lowest BCUT2D eigenvalue weighted by molar-refractivity contribution is 0.0663. The number of guanidine groups is 1. The predicted octanol–water partition coefficient (Wildman–Crippen LogP) is -0.0257. The SMILES string of the molecule is NC1=NCC2(CCN(C(=O)c3ccccn3)CC2)N1. The third-order valence-electron chi connectivity index (χ3n) is 3.84. The number of carbonyl (C=O) groups excluding carboxylic acids is 1. The zero-order valence-corrected chi connectivity index (χ0v) is 10.7. The lowest BCUT2D eigenvalue weighted by atomic mass is 9.88. The van der Waals surface area contributed by atoms with Crippen LogP contribution >= 0.6 is 0 Å². The van der Waals surface area contributed by atoms with Crippen LogP contribution in [0.5, 0.6) is 0 Å². The van der Waals surface area contributed by atoms with Crippen LogP contribution in [-0.2, 0) is 0 Å². The fraction of sp³-hybridized carbons (Fsp3) is 0.462. The van der Waals surface area contributed by atoms with Gasteiger partial charge in [-0.25, -0.2) is 0 Å². The molecule has 3 heterocycles. The molecule has 1 aromatic rings. The summed E-state index contributed by atoms with van der Waals surface area (Å²) in [7, 11) is 0. The molecular weight excluding hydrogens is 242 g/mol. The number of aromatic nitrogens is 1. The Balaban J connectivity index is 1.63. The minimum atomic E-state index is -0.0367. The van der Waals surface area contributed by atoms with Crippen LogP contribution in [0.15, 0.2) is 29.4 Å². The fourth-order valence-electron chi connectivity index (χ4n) is 2.66. The average molecular weight is 259 g/mol. The summed E-state index contributed by atoms with van der Waals surface area (Å²) in [6.07, 6.45) is 3.39. The van der Waals surface area contributed by atoms with E-state index in [1.807, 2.05) is 17.0 Å². The van der Waals surface area contributed by atoms with Gasteiger partial charge in [0.2, 0.25) is 0 Å². The molecule has 0 atom stereocenters.